The number of nitrogens with zero attached hydrogens (tertiary/aromatic N) is 3. The summed E-state index contributed by atoms with van der Waals surface area (Å²) in [5, 5.41) is 0. The quantitative estimate of drug-likeness (QED) is 0.825. The Morgan fingerprint density at radius 2 is 1.33 bits per heavy atom. The highest BCUT2D eigenvalue weighted by Gasteiger charge is 2.23. The summed E-state index contributed by atoms with van der Waals surface area (Å²) in [6, 6.07) is 10.3. The van der Waals surface area contributed by atoms with Crippen molar-refractivity contribution in [3.63, 3.8) is 0 Å². The van der Waals surface area contributed by atoms with Crippen molar-refractivity contribution >= 4 is 17.5 Å². The number of benzene rings is 1. The Balaban J connectivity index is 1.41. The standard InChI is InChI=1S/C18H25N3O3/c22-17(6-7-18(23)21-12-14-24-15-13-21)20-10-8-19(9-11-20)16-4-2-1-3-5-16/h1-5H,6-15H2. The predicted molar refractivity (Wildman–Crippen MR) is 91.9 cm³/mol. The van der Waals surface area contributed by atoms with Gasteiger partial charge in [0.15, 0.2) is 0 Å². The monoisotopic (exact) mass is 331 g/mol. The minimum atomic E-state index is 0.0644. The molecule has 130 valence electrons. The number of para-hydroxylation sites is 1. The molecule has 3 rings (SSSR count). The average Bonchev–Trinajstić information content (AvgIpc) is 2.67. The molecule has 2 aliphatic rings. The molecule has 1 aromatic carbocycles. The van der Waals surface area contributed by atoms with E-state index in [4.69, 9.17) is 4.74 Å². The van der Waals surface area contributed by atoms with E-state index < -0.39 is 0 Å². The summed E-state index contributed by atoms with van der Waals surface area (Å²) in [4.78, 5) is 30.4. The number of ether oxygens (including phenoxy) is 1. The number of amides is 2. The van der Waals surface area contributed by atoms with Crippen molar-refractivity contribution in [3.05, 3.63) is 30.3 Å². The fourth-order valence-corrected chi connectivity index (χ4v) is 3.20. The molecule has 2 saturated heterocycles. The van der Waals surface area contributed by atoms with Crippen LogP contribution in [0.25, 0.3) is 0 Å². The highest BCUT2D eigenvalue weighted by molar-refractivity contribution is 5.84. The third-order valence-electron chi connectivity index (χ3n) is 4.67. The topological polar surface area (TPSA) is 53.1 Å². The number of rotatable bonds is 4. The van der Waals surface area contributed by atoms with Crippen molar-refractivity contribution in [2.75, 3.05) is 57.4 Å². The maximum atomic E-state index is 12.3. The van der Waals surface area contributed by atoms with E-state index in [0.717, 1.165) is 26.2 Å². The van der Waals surface area contributed by atoms with Crippen LogP contribution in [0.5, 0.6) is 0 Å². The Morgan fingerprint density at radius 3 is 1.92 bits per heavy atom. The van der Waals surface area contributed by atoms with E-state index in [1.54, 1.807) is 4.90 Å². The van der Waals surface area contributed by atoms with Gasteiger partial charge in [-0.1, -0.05) is 18.2 Å². The lowest BCUT2D eigenvalue weighted by Gasteiger charge is -2.36. The molecule has 0 radical (unpaired) electrons. The summed E-state index contributed by atoms with van der Waals surface area (Å²) >= 11 is 0. The van der Waals surface area contributed by atoms with Gasteiger partial charge in [-0.15, -0.1) is 0 Å². The Kier molecular flexibility index (Phi) is 5.69. The summed E-state index contributed by atoms with van der Waals surface area (Å²) in [5.41, 5.74) is 1.20. The van der Waals surface area contributed by atoms with E-state index in [-0.39, 0.29) is 11.8 Å². The molecule has 2 fully saturated rings. The lowest BCUT2D eigenvalue weighted by atomic mass is 10.2. The number of hydrogen-bond acceptors (Lipinski definition) is 4. The van der Waals surface area contributed by atoms with Crippen LogP contribution < -0.4 is 4.90 Å². The van der Waals surface area contributed by atoms with Crippen LogP contribution in [-0.2, 0) is 14.3 Å². The zero-order chi connectivity index (χ0) is 16.8. The van der Waals surface area contributed by atoms with Gasteiger partial charge in [0.1, 0.15) is 0 Å². The van der Waals surface area contributed by atoms with Crippen LogP contribution in [-0.4, -0.2) is 74.1 Å². The van der Waals surface area contributed by atoms with Gasteiger partial charge in [0.05, 0.1) is 13.2 Å². The maximum absolute atomic E-state index is 12.3. The van der Waals surface area contributed by atoms with Crippen molar-refractivity contribution in [1.82, 2.24) is 9.80 Å². The fourth-order valence-electron chi connectivity index (χ4n) is 3.20. The molecule has 0 aromatic heterocycles. The SMILES string of the molecule is O=C(CCC(=O)N1CCN(c2ccccc2)CC1)N1CCOCC1. The van der Waals surface area contributed by atoms with Gasteiger partial charge in [-0.2, -0.15) is 0 Å². The Hall–Kier alpha value is -2.08. The van der Waals surface area contributed by atoms with Gasteiger partial charge in [0, 0.05) is 57.8 Å². The summed E-state index contributed by atoms with van der Waals surface area (Å²) < 4.78 is 5.24. The summed E-state index contributed by atoms with van der Waals surface area (Å²) in [5.74, 6) is 0.152. The molecule has 0 aliphatic carbocycles. The number of carbonyl (C=O) groups is 2. The molecule has 1 aromatic rings. The fraction of sp³-hybridized carbons (Fsp3) is 0.556. The summed E-state index contributed by atoms with van der Waals surface area (Å²) in [6.07, 6.45) is 0.610. The second-order valence-corrected chi connectivity index (χ2v) is 6.20. The first-order chi connectivity index (χ1) is 11.7. The van der Waals surface area contributed by atoms with E-state index in [0.29, 0.717) is 39.1 Å². The zero-order valence-electron chi connectivity index (χ0n) is 14.0. The number of hydrogen-bond donors (Lipinski definition) is 0. The van der Waals surface area contributed by atoms with Gasteiger partial charge in [-0.25, -0.2) is 0 Å². The van der Waals surface area contributed by atoms with Crippen LogP contribution in [0.3, 0.4) is 0 Å². The summed E-state index contributed by atoms with van der Waals surface area (Å²) in [7, 11) is 0. The molecule has 2 amide bonds. The molecule has 0 bridgehead atoms. The molecule has 24 heavy (non-hydrogen) atoms. The molecule has 0 atom stereocenters. The Bertz CT molecular complexity index is 550. The summed E-state index contributed by atoms with van der Waals surface area (Å²) in [6.45, 7) is 5.60. The average molecular weight is 331 g/mol. The number of piperazine rings is 1. The lowest BCUT2D eigenvalue weighted by molar-refractivity contribution is -0.139. The Morgan fingerprint density at radius 1 is 0.792 bits per heavy atom. The molecule has 0 spiro atoms. The normalized spacial score (nSPS) is 18.6. The lowest BCUT2D eigenvalue weighted by Crippen LogP contribution is -2.49. The van der Waals surface area contributed by atoms with Crippen LogP contribution in [0.1, 0.15) is 12.8 Å². The van der Waals surface area contributed by atoms with Crippen molar-refractivity contribution in [3.8, 4) is 0 Å². The molecule has 2 heterocycles. The van der Waals surface area contributed by atoms with Crippen LogP contribution in [0, 0.1) is 0 Å². The van der Waals surface area contributed by atoms with Gasteiger partial charge >= 0.3 is 0 Å². The number of anilines is 1. The molecular weight excluding hydrogens is 306 g/mol. The third kappa shape index (κ3) is 4.26. The molecule has 0 N–H and O–H groups in total. The van der Waals surface area contributed by atoms with Gasteiger partial charge in [0.25, 0.3) is 0 Å². The largest absolute Gasteiger partial charge is 0.378 e. The van der Waals surface area contributed by atoms with E-state index in [1.165, 1.54) is 5.69 Å². The van der Waals surface area contributed by atoms with Gasteiger partial charge in [-0.3, -0.25) is 9.59 Å². The highest BCUT2D eigenvalue weighted by Crippen LogP contribution is 2.16. The van der Waals surface area contributed by atoms with E-state index >= 15 is 0 Å². The van der Waals surface area contributed by atoms with E-state index in [2.05, 4.69) is 17.0 Å². The van der Waals surface area contributed by atoms with Crippen molar-refractivity contribution in [2.45, 2.75) is 12.8 Å². The third-order valence-corrected chi connectivity index (χ3v) is 4.67. The maximum Gasteiger partial charge on any atom is 0.223 e. The van der Waals surface area contributed by atoms with E-state index in [1.807, 2.05) is 23.1 Å². The van der Waals surface area contributed by atoms with Gasteiger partial charge in [-0.05, 0) is 12.1 Å². The van der Waals surface area contributed by atoms with Crippen molar-refractivity contribution < 1.29 is 14.3 Å². The second kappa shape index (κ2) is 8.15. The minimum Gasteiger partial charge on any atom is -0.378 e. The van der Waals surface area contributed by atoms with Crippen LogP contribution in [0.4, 0.5) is 5.69 Å². The highest BCUT2D eigenvalue weighted by atomic mass is 16.5. The molecule has 6 heteroatoms. The van der Waals surface area contributed by atoms with Crippen LogP contribution in [0.15, 0.2) is 30.3 Å². The number of morpholine rings is 1. The first-order valence-corrected chi connectivity index (χ1v) is 8.67. The molecule has 0 unspecified atom stereocenters. The molecule has 2 aliphatic heterocycles. The van der Waals surface area contributed by atoms with Crippen LogP contribution >= 0.6 is 0 Å². The molecule has 6 nitrogen and oxygen atoms in total. The van der Waals surface area contributed by atoms with Crippen LogP contribution in [0.2, 0.25) is 0 Å². The number of carbonyl (C=O) groups excluding carboxylic acids is 2. The Labute approximate surface area is 143 Å². The van der Waals surface area contributed by atoms with Gasteiger partial charge < -0.3 is 19.4 Å². The molecule has 0 saturated carbocycles. The van der Waals surface area contributed by atoms with E-state index in [9.17, 15) is 9.59 Å². The van der Waals surface area contributed by atoms with Gasteiger partial charge in [0.2, 0.25) is 11.8 Å². The molecular formula is C18H25N3O3. The zero-order valence-corrected chi connectivity index (χ0v) is 14.0. The predicted octanol–water partition coefficient (Wildman–Crippen LogP) is 0.974. The second-order valence-electron chi connectivity index (χ2n) is 6.20. The first-order valence-electron chi connectivity index (χ1n) is 8.67. The first kappa shape index (κ1) is 16.8. The smallest absolute Gasteiger partial charge is 0.223 e. The van der Waals surface area contributed by atoms with Crippen molar-refractivity contribution in [2.24, 2.45) is 0 Å². The van der Waals surface area contributed by atoms with Crippen molar-refractivity contribution in [1.29, 1.82) is 0 Å². The minimum absolute atomic E-state index is 0.0644.